The van der Waals surface area contributed by atoms with E-state index in [9.17, 15) is 4.79 Å². The fourth-order valence-corrected chi connectivity index (χ4v) is 1.48. The van der Waals surface area contributed by atoms with E-state index in [4.69, 9.17) is 5.73 Å². The largest absolute Gasteiger partial charge is 0.326 e. The van der Waals surface area contributed by atoms with E-state index in [1.165, 1.54) is 0 Å². The van der Waals surface area contributed by atoms with Gasteiger partial charge in [0.15, 0.2) is 0 Å². The molecule has 0 atom stereocenters. The van der Waals surface area contributed by atoms with Crippen LogP contribution in [0.4, 0.5) is 5.69 Å². The number of carbonyl (C=O) groups excluding carboxylic acids is 1. The number of pyridine rings is 1. The van der Waals surface area contributed by atoms with Crippen molar-refractivity contribution >= 4 is 11.6 Å². The minimum atomic E-state index is -0.151. The van der Waals surface area contributed by atoms with Crippen LogP contribution in [0.3, 0.4) is 0 Å². The zero-order valence-electron chi connectivity index (χ0n) is 9.26. The second-order valence-electron chi connectivity index (χ2n) is 3.59. The van der Waals surface area contributed by atoms with Gasteiger partial charge in [0, 0.05) is 30.2 Å². The van der Waals surface area contributed by atoms with Crippen molar-refractivity contribution in [1.82, 2.24) is 4.98 Å². The molecule has 0 saturated heterocycles. The summed E-state index contributed by atoms with van der Waals surface area (Å²) in [7, 11) is 0. The Morgan fingerprint density at radius 1 is 1.24 bits per heavy atom. The monoisotopic (exact) mass is 227 g/mol. The molecule has 3 N–H and O–H groups in total. The lowest BCUT2D eigenvalue weighted by Gasteiger charge is -2.06. The molecule has 1 aromatic heterocycles. The predicted octanol–water partition coefficient (Wildman–Crippen LogP) is 1.79. The molecule has 1 heterocycles. The number of anilines is 1. The lowest BCUT2D eigenvalue weighted by Crippen LogP contribution is -2.12. The molecule has 2 rings (SSSR count). The Kier molecular flexibility index (Phi) is 3.47. The molecule has 0 radical (unpaired) electrons. The van der Waals surface area contributed by atoms with Crippen molar-refractivity contribution in [2.75, 3.05) is 5.32 Å². The van der Waals surface area contributed by atoms with Crippen molar-refractivity contribution in [2.24, 2.45) is 5.73 Å². The molecular formula is C13H13N3O. The second-order valence-corrected chi connectivity index (χ2v) is 3.59. The zero-order chi connectivity index (χ0) is 12.1. The van der Waals surface area contributed by atoms with E-state index in [-0.39, 0.29) is 5.91 Å². The van der Waals surface area contributed by atoms with E-state index in [0.717, 1.165) is 11.3 Å². The predicted molar refractivity (Wildman–Crippen MR) is 66.5 cm³/mol. The first kappa shape index (κ1) is 11.3. The summed E-state index contributed by atoms with van der Waals surface area (Å²) < 4.78 is 0. The molecule has 4 heteroatoms. The molecule has 0 aliphatic carbocycles. The Balaban J connectivity index is 2.13. The Bertz CT molecular complexity index is 511. The normalized spacial score (nSPS) is 9.94. The van der Waals surface area contributed by atoms with Gasteiger partial charge in [0.1, 0.15) is 0 Å². The van der Waals surface area contributed by atoms with Crippen molar-refractivity contribution in [3.8, 4) is 0 Å². The first-order chi connectivity index (χ1) is 8.29. The molecule has 0 saturated carbocycles. The van der Waals surface area contributed by atoms with Crippen molar-refractivity contribution in [3.05, 3.63) is 59.9 Å². The number of nitrogens with two attached hydrogens (primary N) is 1. The average Bonchev–Trinajstić information content (AvgIpc) is 2.40. The van der Waals surface area contributed by atoms with E-state index >= 15 is 0 Å². The van der Waals surface area contributed by atoms with Crippen LogP contribution in [0.15, 0.2) is 48.8 Å². The molecular weight excluding hydrogens is 214 g/mol. The number of carbonyl (C=O) groups is 1. The van der Waals surface area contributed by atoms with Crippen molar-refractivity contribution in [3.63, 3.8) is 0 Å². The van der Waals surface area contributed by atoms with Crippen molar-refractivity contribution in [1.29, 1.82) is 0 Å². The van der Waals surface area contributed by atoms with Crippen LogP contribution in [-0.4, -0.2) is 10.9 Å². The van der Waals surface area contributed by atoms with Gasteiger partial charge in [-0.25, -0.2) is 0 Å². The number of hydrogen-bond acceptors (Lipinski definition) is 3. The van der Waals surface area contributed by atoms with Crippen LogP contribution in [0.25, 0.3) is 0 Å². The molecule has 0 bridgehead atoms. The quantitative estimate of drug-likeness (QED) is 0.840. The molecule has 0 unspecified atom stereocenters. The van der Waals surface area contributed by atoms with Crippen LogP contribution in [0.1, 0.15) is 15.9 Å². The second kappa shape index (κ2) is 5.23. The summed E-state index contributed by atoms with van der Waals surface area (Å²) in [6.45, 7) is 0.457. The molecule has 1 aromatic carbocycles. The third-order valence-electron chi connectivity index (χ3n) is 2.36. The number of benzene rings is 1. The maximum Gasteiger partial charge on any atom is 0.255 e. The number of rotatable bonds is 3. The Hall–Kier alpha value is -2.20. The first-order valence-electron chi connectivity index (χ1n) is 5.30. The zero-order valence-corrected chi connectivity index (χ0v) is 9.26. The van der Waals surface area contributed by atoms with E-state index in [1.54, 1.807) is 24.5 Å². The van der Waals surface area contributed by atoms with Crippen LogP contribution in [0, 0.1) is 0 Å². The molecule has 1 amide bonds. The van der Waals surface area contributed by atoms with Crippen LogP contribution < -0.4 is 11.1 Å². The number of aromatic nitrogens is 1. The van der Waals surface area contributed by atoms with Gasteiger partial charge in [0.2, 0.25) is 0 Å². The van der Waals surface area contributed by atoms with Gasteiger partial charge in [-0.05, 0) is 29.8 Å². The smallest absolute Gasteiger partial charge is 0.255 e. The average molecular weight is 227 g/mol. The van der Waals surface area contributed by atoms with Crippen LogP contribution in [-0.2, 0) is 6.54 Å². The summed E-state index contributed by atoms with van der Waals surface area (Å²) >= 11 is 0. The Morgan fingerprint density at radius 2 is 2.00 bits per heavy atom. The van der Waals surface area contributed by atoms with E-state index in [2.05, 4.69) is 10.3 Å². The summed E-state index contributed by atoms with van der Waals surface area (Å²) in [5, 5.41) is 2.81. The minimum Gasteiger partial charge on any atom is -0.326 e. The fourth-order valence-electron chi connectivity index (χ4n) is 1.48. The van der Waals surface area contributed by atoms with Crippen molar-refractivity contribution in [2.45, 2.75) is 6.54 Å². The van der Waals surface area contributed by atoms with Crippen molar-refractivity contribution < 1.29 is 4.79 Å². The molecule has 0 fully saturated rings. The summed E-state index contributed by atoms with van der Waals surface area (Å²) in [6.07, 6.45) is 3.18. The van der Waals surface area contributed by atoms with Gasteiger partial charge >= 0.3 is 0 Å². The molecule has 17 heavy (non-hydrogen) atoms. The molecule has 2 aromatic rings. The first-order valence-corrected chi connectivity index (χ1v) is 5.30. The van der Waals surface area contributed by atoms with E-state index in [0.29, 0.717) is 12.1 Å². The van der Waals surface area contributed by atoms with Crippen LogP contribution in [0.2, 0.25) is 0 Å². The SMILES string of the molecule is NCc1cccc(NC(=O)c2ccncc2)c1. The molecule has 0 aliphatic heterocycles. The van der Waals surface area contributed by atoms with Crippen LogP contribution in [0.5, 0.6) is 0 Å². The lowest BCUT2D eigenvalue weighted by molar-refractivity contribution is 0.102. The number of nitrogens with one attached hydrogen (secondary N) is 1. The van der Waals surface area contributed by atoms with Gasteiger partial charge in [0.05, 0.1) is 0 Å². The fraction of sp³-hybridized carbons (Fsp3) is 0.0769. The molecule has 86 valence electrons. The minimum absolute atomic E-state index is 0.151. The summed E-state index contributed by atoms with van der Waals surface area (Å²) in [5.74, 6) is -0.151. The number of amides is 1. The highest BCUT2D eigenvalue weighted by atomic mass is 16.1. The van der Waals surface area contributed by atoms with Gasteiger partial charge in [0.25, 0.3) is 5.91 Å². The number of nitrogens with zero attached hydrogens (tertiary/aromatic N) is 1. The van der Waals surface area contributed by atoms with Gasteiger partial charge in [-0.1, -0.05) is 12.1 Å². The Morgan fingerprint density at radius 3 is 2.71 bits per heavy atom. The topological polar surface area (TPSA) is 68.0 Å². The van der Waals surface area contributed by atoms with Gasteiger partial charge < -0.3 is 11.1 Å². The maximum absolute atomic E-state index is 11.8. The molecule has 0 spiro atoms. The molecule has 4 nitrogen and oxygen atoms in total. The van der Waals surface area contributed by atoms with Gasteiger partial charge in [-0.3, -0.25) is 9.78 Å². The van der Waals surface area contributed by atoms with E-state index in [1.807, 2.05) is 24.3 Å². The summed E-state index contributed by atoms with van der Waals surface area (Å²) in [6, 6.07) is 10.8. The van der Waals surface area contributed by atoms with Gasteiger partial charge in [-0.15, -0.1) is 0 Å². The third kappa shape index (κ3) is 2.89. The highest BCUT2D eigenvalue weighted by molar-refractivity contribution is 6.04. The number of hydrogen-bond donors (Lipinski definition) is 2. The Labute approximate surface area is 99.5 Å². The van der Waals surface area contributed by atoms with Crippen LogP contribution >= 0.6 is 0 Å². The summed E-state index contributed by atoms with van der Waals surface area (Å²) in [5.41, 5.74) is 7.85. The highest BCUT2D eigenvalue weighted by Crippen LogP contribution is 2.11. The van der Waals surface area contributed by atoms with E-state index < -0.39 is 0 Å². The maximum atomic E-state index is 11.8. The third-order valence-corrected chi connectivity index (χ3v) is 2.36. The molecule has 0 aliphatic rings. The lowest BCUT2D eigenvalue weighted by atomic mass is 10.2. The highest BCUT2D eigenvalue weighted by Gasteiger charge is 2.05. The summed E-state index contributed by atoms with van der Waals surface area (Å²) in [4.78, 5) is 15.7. The standard InChI is InChI=1S/C13H13N3O/c14-9-10-2-1-3-12(8-10)16-13(17)11-4-6-15-7-5-11/h1-8H,9,14H2,(H,16,17). The van der Waals surface area contributed by atoms with Gasteiger partial charge in [-0.2, -0.15) is 0 Å².